The molecule has 4 fully saturated rings. The van der Waals surface area contributed by atoms with Crippen molar-refractivity contribution in [3.8, 4) is 0 Å². The summed E-state index contributed by atoms with van der Waals surface area (Å²) in [7, 11) is 0. The molecule has 4 aliphatic rings. The van der Waals surface area contributed by atoms with Crippen LogP contribution in [0.2, 0.25) is 0 Å². The lowest BCUT2D eigenvalue weighted by molar-refractivity contribution is -0.110. The highest BCUT2D eigenvalue weighted by Crippen LogP contribution is 2.60. The minimum absolute atomic E-state index is 0.162. The Balaban J connectivity index is 1.58. The number of nitrogens with zero attached hydrogens (tertiary/aromatic N) is 1. The Morgan fingerprint density at radius 1 is 0.704 bits per heavy atom. The summed E-state index contributed by atoms with van der Waals surface area (Å²) in [5.74, 6) is 1.24. The molecule has 3 saturated carbocycles. The van der Waals surface area contributed by atoms with Crippen LogP contribution < -0.4 is 0 Å². The van der Waals surface area contributed by atoms with Gasteiger partial charge in [0.15, 0.2) is 0 Å². The van der Waals surface area contributed by atoms with E-state index in [9.17, 15) is 5.11 Å². The molecule has 0 aromatic heterocycles. The quantitative estimate of drug-likeness (QED) is 0.836. The molecule has 2 nitrogen and oxygen atoms in total. The molecule has 0 unspecified atom stereocenters. The first kappa shape index (κ1) is 17.5. The lowest BCUT2D eigenvalue weighted by atomic mass is 9.51. The molecule has 2 bridgehead atoms. The van der Waals surface area contributed by atoms with Crippen molar-refractivity contribution in [2.45, 2.75) is 62.0 Å². The maximum Gasteiger partial charge on any atom is 0.0597 e. The van der Waals surface area contributed by atoms with E-state index in [1.165, 1.54) is 56.3 Å². The van der Waals surface area contributed by atoms with Gasteiger partial charge >= 0.3 is 0 Å². The SMILES string of the molecule is O[C@@H]1CC2(N3CCCCC3)C[C@@H](c3ccccc3)C1[C@H](c1ccccc1)C2. The minimum atomic E-state index is -0.204. The van der Waals surface area contributed by atoms with Gasteiger partial charge in [-0.1, -0.05) is 67.1 Å². The minimum Gasteiger partial charge on any atom is -0.393 e. The Labute approximate surface area is 163 Å². The Bertz CT molecular complexity index is 703. The first-order valence-electron chi connectivity index (χ1n) is 10.8. The van der Waals surface area contributed by atoms with Gasteiger partial charge in [0.25, 0.3) is 0 Å². The van der Waals surface area contributed by atoms with Gasteiger partial charge in [0.1, 0.15) is 0 Å². The average Bonchev–Trinajstić information content (AvgIpc) is 2.75. The van der Waals surface area contributed by atoms with Crippen LogP contribution in [0.1, 0.15) is 61.5 Å². The molecule has 3 aliphatic carbocycles. The number of aliphatic hydroxyl groups is 1. The van der Waals surface area contributed by atoms with Gasteiger partial charge in [0, 0.05) is 5.54 Å². The molecule has 6 rings (SSSR count). The van der Waals surface area contributed by atoms with Crippen molar-refractivity contribution in [1.82, 2.24) is 4.90 Å². The first-order valence-corrected chi connectivity index (χ1v) is 10.8. The van der Waals surface area contributed by atoms with Gasteiger partial charge in [0.05, 0.1) is 6.10 Å². The van der Waals surface area contributed by atoms with E-state index in [0.717, 1.165) is 6.42 Å². The van der Waals surface area contributed by atoms with Crippen LogP contribution in [0, 0.1) is 5.92 Å². The molecule has 2 aromatic carbocycles. The zero-order chi connectivity index (χ0) is 18.3. The monoisotopic (exact) mass is 361 g/mol. The van der Waals surface area contributed by atoms with Crippen molar-refractivity contribution >= 4 is 0 Å². The van der Waals surface area contributed by atoms with Crippen LogP contribution in [0.3, 0.4) is 0 Å². The van der Waals surface area contributed by atoms with E-state index in [1.54, 1.807) is 0 Å². The van der Waals surface area contributed by atoms with Crippen LogP contribution in [0.15, 0.2) is 60.7 Å². The van der Waals surface area contributed by atoms with Gasteiger partial charge in [-0.2, -0.15) is 0 Å². The molecule has 2 aromatic rings. The zero-order valence-corrected chi connectivity index (χ0v) is 16.1. The van der Waals surface area contributed by atoms with Crippen LogP contribution in [0.4, 0.5) is 0 Å². The molecule has 27 heavy (non-hydrogen) atoms. The normalized spacial score (nSPS) is 36.6. The van der Waals surface area contributed by atoms with Crippen molar-refractivity contribution in [2.75, 3.05) is 13.1 Å². The lowest BCUT2D eigenvalue weighted by Crippen LogP contribution is -2.63. The van der Waals surface area contributed by atoms with Crippen molar-refractivity contribution < 1.29 is 5.11 Å². The summed E-state index contributed by atoms with van der Waals surface area (Å²) in [6.45, 7) is 2.42. The summed E-state index contributed by atoms with van der Waals surface area (Å²) in [4.78, 5) is 2.76. The third-order valence-electron chi connectivity index (χ3n) is 7.64. The molecular weight excluding hydrogens is 330 g/mol. The van der Waals surface area contributed by atoms with E-state index >= 15 is 0 Å². The molecule has 2 heteroatoms. The highest BCUT2D eigenvalue weighted by Gasteiger charge is 2.57. The van der Waals surface area contributed by atoms with Gasteiger partial charge in [-0.15, -0.1) is 0 Å². The highest BCUT2D eigenvalue weighted by molar-refractivity contribution is 5.32. The third kappa shape index (κ3) is 3.03. The van der Waals surface area contributed by atoms with Crippen molar-refractivity contribution in [3.05, 3.63) is 71.8 Å². The Morgan fingerprint density at radius 2 is 1.22 bits per heavy atom. The summed E-state index contributed by atoms with van der Waals surface area (Å²) < 4.78 is 0. The van der Waals surface area contributed by atoms with Crippen LogP contribution in [0.25, 0.3) is 0 Å². The molecular formula is C25H31NO. The molecule has 0 amide bonds. The van der Waals surface area contributed by atoms with Gasteiger partial charge < -0.3 is 5.11 Å². The maximum absolute atomic E-state index is 11.3. The maximum atomic E-state index is 11.3. The third-order valence-corrected chi connectivity index (χ3v) is 7.64. The van der Waals surface area contributed by atoms with E-state index < -0.39 is 0 Å². The Hall–Kier alpha value is -1.64. The molecule has 1 saturated heterocycles. The van der Waals surface area contributed by atoms with Gasteiger partial charge in [-0.05, 0) is 74.1 Å². The molecule has 1 N–H and O–H groups in total. The largest absolute Gasteiger partial charge is 0.393 e. The summed E-state index contributed by atoms with van der Waals surface area (Å²) in [5.41, 5.74) is 3.00. The van der Waals surface area contributed by atoms with E-state index in [-0.39, 0.29) is 11.6 Å². The predicted molar refractivity (Wildman–Crippen MR) is 110 cm³/mol. The van der Waals surface area contributed by atoms with Crippen LogP contribution in [-0.2, 0) is 0 Å². The average molecular weight is 362 g/mol. The van der Waals surface area contributed by atoms with Crippen molar-refractivity contribution in [3.63, 3.8) is 0 Å². The molecule has 0 radical (unpaired) electrons. The van der Waals surface area contributed by atoms with Crippen molar-refractivity contribution in [2.24, 2.45) is 5.92 Å². The Morgan fingerprint density at radius 3 is 1.74 bits per heavy atom. The van der Waals surface area contributed by atoms with E-state index in [0.29, 0.717) is 17.8 Å². The summed E-state index contributed by atoms with van der Waals surface area (Å²) in [5, 5.41) is 11.3. The lowest BCUT2D eigenvalue weighted by Gasteiger charge is -2.61. The number of benzene rings is 2. The number of fused-ring (bicyclic) bond motifs is 3. The number of hydrogen-bond donors (Lipinski definition) is 1. The predicted octanol–water partition coefficient (Wildman–Crippen LogP) is 4.95. The van der Waals surface area contributed by atoms with Crippen molar-refractivity contribution in [1.29, 1.82) is 0 Å². The second kappa shape index (κ2) is 7.07. The summed E-state index contributed by atoms with van der Waals surface area (Å²) in [6, 6.07) is 22.0. The van der Waals surface area contributed by atoms with Gasteiger partial charge in [0.2, 0.25) is 0 Å². The van der Waals surface area contributed by atoms with E-state index in [2.05, 4.69) is 65.6 Å². The molecule has 1 aliphatic heterocycles. The molecule has 3 atom stereocenters. The Kier molecular flexibility index (Phi) is 4.57. The van der Waals surface area contributed by atoms with E-state index in [4.69, 9.17) is 0 Å². The van der Waals surface area contributed by atoms with E-state index in [1.807, 2.05) is 0 Å². The number of rotatable bonds is 3. The number of aliphatic hydroxyl groups excluding tert-OH is 1. The summed E-state index contributed by atoms with van der Waals surface area (Å²) >= 11 is 0. The molecule has 0 spiro atoms. The second-order valence-corrected chi connectivity index (χ2v) is 9.06. The zero-order valence-electron chi connectivity index (χ0n) is 16.1. The smallest absolute Gasteiger partial charge is 0.0597 e. The van der Waals surface area contributed by atoms with Crippen LogP contribution in [-0.4, -0.2) is 34.7 Å². The summed E-state index contributed by atoms with van der Waals surface area (Å²) in [6.07, 6.45) is 7.17. The fourth-order valence-electron chi connectivity index (χ4n) is 6.52. The van der Waals surface area contributed by atoms with Gasteiger partial charge in [-0.25, -0.2) is 0 Å². The van der Waals surface area contributed by atoms with Crippen LogP contribution in [0.5, 0.6) is 0 Å². The molecule has 1 heterocycles. The first-order chi connectivity index (χ1) is 13.3. The number of hydrogen-bond acceptors (Lipinski definition) is 2. The number of likely N-dealkylation sites (tertiary alicyclic amines) is 1. The number of piperidine rings is 1. The second-order valence-electron chi connectivity index (χ2n) is 9.06. The topological polar surface area (TPSA) is 23.5 Å². The molecule has 142 valence electrons. The fraction of sp³-hybridized carbons (Fsp3) is 0.520. The fourth-order valence-corrected chi connectivity index (χ4v) is 6.52. The highest BCUT2D eigenvalue weighted by atomic mass is 16.3. The van der Waals surface area contributed by atoms with Gasteiger partial charge in [-0.3, -0.25) is 4.90 Å². The van der Waals surface area contributed by atoms with Crippen LogP contribution >= 0.6 is 0 Å². The standard InChI is InChI=1S/C25H31NO/c27-23-18-25(26-14-8-3-9-15-26)16-21(19-10-4-1-5-11-19)24(23)22(17-25)20-12-6-2-7-13-20/h1-2,4-7,10-13,21-24,27H,3,8-9,14-18H2/t21-,22-,23+,24?,25?/m0/s1.